The number of benzene rings is 1. The molecule has 15 heteroatoms. The van der Waals surface area contributed by atoms with Crippen LogP contribution in [0.3, 0.4) is 0 Å². The molecule has 294 valence electrons. The summed E-state index contributed by atoms with van der Waals surface area (Å²) in [6.45, 7) is 12.1. The van der Waals surface area contributed by atoms with Crippen molar-refractivity contribution in [1.82, 2.24) is 29.5 Å². The maximum absolute atomic E-state index is 13.3. The van der Waals surface area contributed by atoms with Gasteiger partial charge >= 0.3 is 0 Å². The highest BCUT2D eigenvalue weighted by Gasteiger charge is 2.63. The molecule has 2 saturated carbocycles. The minimum Gasteiger partial charge on any atom is -0.391 e. The van der Waals surface area contributed by atoms with Crippen LogP contribution in [0.15, 0.2) is 35.7 Å². The zero-order valence-electron chi connectivity index (χ0n) is 32.0. The van der Waals surface area contributed by atoms with Crippen molar-refractivity contribution in [1.29, 1.82) is 0 Å². The smallest absolute Gasteiger partial charge is 0.259 e. The van der Waals surface area contributed by atoms with Gasteiger partial charge in [0.05, 0.1) is 22.1 Å². The fourth-order valence-corrected chi connectivity index (χ4v) is 10.0. The fraction of sp³-hybridized carbons (Fsp3) is 0.615. The van der Waals surface area contributed by atoms with Gasteiger partial charge in [-0.2, -0.15) is 0 Å². The largest absolute Gasteiger partial charge is 0.391 e. The van der Waals surface area contributed by atoms with Gasteiger partial charge in [0.2, 0.25) is 27.1 Å². The molecule has 5 atom stereocenters. The van der Waals surface area contributed by atoms with Crippen LogP contribution in [0.2, 0.25) is 5.28 Å². The number of nitrogens with zero attached hydrogens (tertiary/aromatic N) is 4. The van der Waals surface area contributed by atoms with Crippen molar-refractivity contribution >= 4 is 61.7 Å². The number of para-hydroxylation sites is 1. The number of imidazole rings is 1. The van der Waals surface area contributed by atoms with Gasteiger partial charge in [-0.05, 0) is 88.9 Å². The molecule has 0 radical (unpaired) electrons. The van der Waals surface area contributed by atoms with Crippen LogP contribution in [0, 0.1) is 11.8 Å². The molecular formula is C39H53ClN6O6S2. The van der Waals surface area contributed by atoms with Gasteiger partial charge in [-0.25, -0.2) is 18.4 Å². The molecule has 54 heavy (non-hydrogen) atoms. The van der Waals surface area contributed by atoms with Crippen molar-refractivity contribution in [2.75, 3.05) is 6.54 Å². The van der Waals surface area contributed by atoms with Crippen molar-refractivity contribution in [2.45, 2.75) is 134 Å². The molecule has 1 saturated heterocycles. The first-order chi connectivity index (χ1) is 25.5. The first-order valence-corrected chi connectivity index (χ1v) is 21.9. The lowest BCUT2D eigenvalue weighted by molar-refractivity contribution is -0.142. The number of hydrogen-bond acceptors (Lipinski definition) is 9. The second-order valence-corrected chi connectivity index (χ2v) is 19.7. The highest BCUT2D eigenvalue weighted by molar-refractivity contribution is 7.91. The molecule has 0 unspecified atom stereocenters. The van der Waals surface area contributed by atoms with Gasteiger partial charge in [-0.1, -0.05) is 51.8 Å². The van der Waals surface area contributed by atoms with Crippen LogP contribution in [0.4, 0.5) is 0 Å². The average molecular weight is 801 g/mol. The minimum atomic E-state index is -3.85. The number of thiazole rings is 1. The molecule has 0 bridgehead atoms. The molecule has 3 aromatic rings. The summed E-state index contributed by atoms with van der Waals surface area (Å²) in [5.74, 6) is -1.57. The molecule has 7 rings (SSSR count). The minimum absolute atomic E-state index is 0.0799. The number of hydrogen-bond donors (Lipinski definition) is 3. The maximum atomic E-state index is 13.3. The maximum Gasteiger partial charge on any atom is 0.259 e. The van der Waals surface area contributed by atoms with Crippen LogP contribution in [0.25, 0.3) is 21.6 Å². The number of allylic oxidation sites excluding steroid dienone is 1. The summed E-state index contributed by atoms with van der Waals surface area (Å²) in [4.78, 5) is 50.2. The van der Waals surface area contributed by atoms with Crippen LogP contribution < -0.4 is 10.0 Å². The second-order valence-electron chi connectivity index (χ2n) is 16.3. The Labute approximate surface area is 327 Å². The average Bonchev–Trinajstić information content (AvgIpc) is 3.80. The van der Waals surface area contributed by atoms with Crippen molar-refractivity contribution in [2.24, 2.45) is 11.8 Å². The van der Waals surface area contributed by atoms with Gasteiger partial charge in [-0.3, -0.25) is 19.1 Å². The van der Waals surface area contributed by atoms with E-state index in [9.17, 15) is 27.9 Å². The SMILES string of the molecule is CC(C)c1csc(-c2cccc3c2nc(Cl)n3C(C)C)n1.C[C@H]1CCCCC/C=C\[C@@H]2C[C@@]2(C(=O)NS(=O)(=O)C2(C)CC2)NC(=O)[C@@H]2C[C@@H](O)CN2C1=O. The Morgan fingerprint density at radius 1 is 1.13 bits per heavy atom. The van der Waals surface area contributed by atoms with Crippen LogP contribution in [-0.2, 0) is 24.4 Å². The monoisotopic (exact) mass is 800 g/mol. The molecular weight excluding hydrogens is 748 g/mol. The van der Waals surface area contributed by atoms with Gasteiger partial charge in [0.1, 0.15) is 22.1 Å². The van der Waals surface area contributed by atoms with E-state index in [-0.39, 0.29) is 36.8 Å². The summed E-state index contributed by atoms with van der Waals surface area (Å²) in [6, 6.07) is 5.58. The van der Waals surface area contributed by atoms with E-state index in [2.05, 4.69) is 64.8 Å². The third-order valence-electron chi connectivity index (χ3n) is 11.3. The summed E-state index contributed by atoms with van der Waals surface area (Å²) in [5.41, 5.74) is 2.82. The van der Waals surface area contributed by atoms with Gasteiger partial charge in [0.15, 0.2) is 0 Å². The summed E-state index contributed by atoms with van der Waals surface area (Å²) < 4.78 is 28.7. The Morgan fingerprint density at radius 3 is 2.54 bits per heavy atom. The number of sulfonamides is 1. The number of aliphatic hydroxyl groups excluding tert-OH is 1. The normalized spacial score (nSPS) is 27.6. The Morgan fingerprint density at radius 2 is 1.87 bits per heavy atom. The molecule has 2 aliphatic heterocycles. The van der Waals surface area contributed by atoms with E-state index in [4.69, 9.17) is 16.6 Å². The predicted molar refractivity (Wildman–Crippen MR) is 212 cm³/mol. The number of aromatic nitrogens is 3. The molecule has 3 N–H and O–H groups in total. The highest BCUT2D eigenvalue weighted by atomic mass is 35.5. The topological polar surface area (TPSA) is 164 Å². The number of halogens is 1. The lowest BCUT2D eigenvalue weighted by atomic mass is 10.0. The number of amides is 3. The van der Waals surface area contributed by atoms with Crippen molar-refractivity contribution in [3.63, 3.8) is 0 Å². The molecule has 3 fully saturated rings. The number of rotatable bonds is 6. The molecule has 1 aromatic carbocycles. The van der Waals surface area contributed by atoms with Crippen molar-refractivity contribution in [3.05, 3.63) is 46.7 Å². The molecule has 4 heterocycles. The number of fused-ring (bicyclic) bond motifs is 3. The molecule has 0 spiro atoms. The summed E-state index contributed by atoms with van der Waals surface area (Å²) in [5, 5.41) is 16.7. The van der Waals surface area contributed by atoms with E-state index >= 15 is 0 Å². The third kappa shape index (κ3) is 8.13. The number of aliphatic hydroxyl groups is 1. The Bertz CT molecular complexity index is 2040. The Kier molecular flexibility index (Phi) is 11.7. The summed E-state index contributed by atoms with van der Waals surface area (Å²) >= 11 is 7.98. The highest BCUT2D eigenvalue weighted by Crippen LogP contribution is 2.47. The fourth-order valence-electron chi connectivity index (χ4n) is 7.36. The third-order valence-corrected chi connectivity index (χ3v) is 14.6. The zero-order valence-corrected chi connectivity index (χ0v) is 34.4. The molecule has 2 aliphatic carbocycles. The first kappa shape index (κ1) is 40.3. The summed E-state index contributed by atoms with van der Waals surface area (Å²) in [6.07, 6.45) is 8.81. The number of carbonyl (C=O) groups excluding carboxylic acids is 3. The van der Waals surface area contributed by atoms with E-state index in [1.54, 1.807) is 18.3 Å². The zero-order chi connectivity index (χ0) is 39.2. The van der Waals surface area contributed by atoms with Gasteiger partial charge < -0.3 is 19.9 Å². The molecule has 12 nitrogen and oxygen atoms in total. The Balaban J connectivity index is 0.000000203. The second kappa shape index (κ2) is 15.7. The lowest BCUT2D eigenvalue weighted by Crippen LogP contribution is -2.57. The predicted octanol–water partition coefficient (Wildman–Crippen LogP) is 6.50. The van der Waals surface area contributed by atoms with Crippen molar-refractivity contribution in [3.8, 4) is 10.6 Å². The quantitative estimate of drug-likeness (QED) is 0.238. The van der Waals surface area contributed by atoms with E-state index < -0.39 is 44.3 Å². The van der Waals surface area contributed by atoms with E-state index in [0.717, 1.165) is 59.4 Å². The van der Waals surface area contributed by atoms with E-state index in [1.807, 2.05) is 25.1 Å². The van der Waals surface area contributed by atoms with Crippen molar-refractivity contribution < 1.29 is 27.9 Å². The van der Waals surface area contributed by atoms with Crippen LogP contribution in [0.5, 0.6) is 0 Å². The molecule has 4 aliphatic rings. The van der Waals surface area contributed by atoms with Gasteiger partial charge in [0.25, 0.3) is 5.91 Å². The van der Waals surface area contributed by atoms with E-state index in [0.29, 0.717) is 30.5 Å². The molecule has 2 aromatic heterocycles. The standard InChI is InChI=1S/C23H35N3O6S.C16H18ClN3S/c1-15-8-6-4-3-5-7-9-16-13-23(16,21(30)25-33(31,32)22(2)10-11-22)24-19(28)18-12-17(27)14-26(18)20(15)29;1-9(2)12-8-21-15(18-12)11-6-5-7-13-14(11)19-16(17)20(13)10(3)4/h7,9,15-18,27H,3-6,8,10-14H2,1-2H3,(H,24,28)(H,25,30);5-10H,1-4H3/b9-7-;/t15-,16+,17+,18-,23+;/m0./s1. The lowest BCUT2D eigenvalue weighted by Gasteiger charge is -2.28. The number of carbonyl (C=O) groups is 3. The Hall–Kier alpha value is -3.33. The molecule has 3 amide bonds. The van der Waals surface area contributed by atoms with E-state index in [1.165, 1.54) is 4.90 Å². The first-order valence-electron chi connectivity index (χ1n) is 19.1. The van der Waals surface area contributed by atoms with Crippen LogP contribution >= 0.6 is 22.9 Å². The number of nitrogens with one attached hydrogen (secondary N) is 2. The van der Waals surface area contributed by atoms with Gasteiger partial charge in [-0.15, -0.1) is 11.3 Å². The van der Waals surface area contributed by atoms with Crippen LogP contribution in [0.1, 0.15) is 117 Å². The van der Waals surface area contributed by atoms with Gasteiger partial charge in [0, 0.05) is 41.8 Å². The van der Waals surface area contributed by atoms with Crippen LogP contribution in [-0.4, -0.2) is 79.7 Å². The summed E-state index contributed by atoms with van der Waals surface area (Å²) in [7, 11) is -3.85.